The maximum atomic E-state index is 13.5. The number of rotatable bonds is 3. The molecule has 0 bridgehead atoms. The molecule has 1 atom stereocenters. The molecule has 4 rings (SSSR count). The minimum absolute atomic E-state index is 0.0832. The smallest absolute Gasteiger partial charge is 0.321 e. The first-order valence-electron chi connectivity index (χ1n) is 10.7. The molecule has 0 saturated carbocycles. The number of aromatic nitrogens is 2. The van der Waals surface area contributed by atoms with E-state index in [1.165, 1.54) is 12.1 Å². The van der Waals surface area contributed by atoms with Crippen molar-refractivity contribution in [3.05, 3.63) is 54.5 Å². The highest BCUT2D eigenvalue weighted by atomic mass is 19.1. The fourth-order valence-corrected chi connectivity index (χ4v) is 4.01. The maximum Gasteiger partial charge on any atom is 0.321 e. The van der Waals surface area contributed by atoms with Crippen LogP contribution in [0.15, 0.2) is 53.7 Å². The lowest BCUT2D eigenvalue weighted by molar-refractivity contribution is 0.120. The first-order chi connectivity index (χ1) is 16.0. The van der Waals surface area contributed by atoms with E-state index in [1.54, 1.807) is 23.2 Å². The zero-order chi connectivity index (χ0) is 23.4. The van der Waals surface area contributed by atoms with Gasteiger partial charge in [-0.25, -0.2) is 9.18 Å². The number of anilines is 2. The van der Waals surface area contributed by atoms with Crippen molar-refractivity contribution in [2.45, 2.75) is 19.9 Å². The van der Waals surface area contributed by atoms with Crippen molar-refractivity contribution in [1.82, 2.24) is 20.0 Å². The Balaban J connectivity index is 1.52. The van der Waals surface area contributed by atoms with E-state index < -0.39 is 5.82 Å². The molecule has 2 aromatic carbocycles. The van der Waals surface area contributed by atoms with E-state index in [1.807, 2.05) is 29.3 Å². The van der Waals surface area contributed by atoms with Crippen LogP contribution in [0, 0.1) is 23.2 Å². The average molecular weight is 449 g/mol. The van der Waals surface area contributed by atoms with Crippen LogP contribution < -0.4 is 10.6 Å². The number of carbonyl (C=O) groups excluding carboxylic acids is 1. The number of fused-ring (bicyclic) bond motifs is 1. The number of amides is 2. The summed E-state index contributed by atoms with van der Waals surface area (Å²) in [7, 11) is 0. The molecule has 1 aromatic heterocycles. The molecule has 2 heterocycles. The predicted octanol–water partition coefficient (Wildman–Crippen LogP) is 3.83. The van der Waals surface area contributed by atoms with Crippen LogP contribution >= 0.6 is 0 Å². The lowest BCUT2D eigenvalue weighted by Gasteiger charge is -2.44. The van der Waals surface area contributed by atoms with E-state index >= 15 is 0 Å². The number of nitrogens with one attached hydrogen (secondary N) is 3. The Bertz CT molecular complexity index is 1210. The molecule has 9 nitrogen and oxygen atoms in total. The molecule has 1 aliphatic heterocycles. The second kappa shape index (κ2) is 9.56. The predicted molar refractivity (Wildman–Crippen MR) is 125 cm³/mol. The fraction of sp³-hybridized carbons (Fsp3) is 0.304. The van der Waals surface area contributed by atoms with Crippen LogP contribution in [0.25, 0.3) is 10.9 Å². The summed E-state index contributed by atoms with van der Waals surface area (Å²) in [5.41, 5.74) is 2.06. The molecule has 10 heteroatoms. The Kier molecular flexibility index (Phi) is 6.40. The van der Waals surface area contributed by atoms with Gasteiger partial charge in [-0.05, 0) is 36.2 Å². The van der Waals surface area contributed by atoms with Gasteiger partial charge < -0.3 is 20.4 Å². The molecule has 3 aromatic rings. The number of aromatic amines is 1. The van der Waals surface area contributed by atoms with Gasteiger partial charge in [0, 0.05) is 30.7 Å². The number of urea groups is 1. The number of piperazine rings is 1. The topological polar surface area (TPSA) is 112 Å². The third-order valence-corrected chi connectivity index (χ3v) is 5.71. The Morgan fingerprint density at radius 1 is 1.27 bits per heavy atom. The third-order valence-electron chi connectivity index (χ3n) is 5.71. The molecule has 0 aliphatic carbocycles. The van der Waals surface area contributed by atoms with Gasteiger partial charge in [-0.1, -0.05) is 26.0 Å². The number of H-pyrrole nitrogens is 1. The molecular weight excluding hydrogens is 423 g/mol. The number of nitriles is 1. The zero-order valence-electron chi connectivity index (χ0n) is 18.4. The molecule has 2 amide bonds. The molecule has 3 N–H and O–H groups in total. The van der Waals surface area contributed by atoms with Gasteiger partial charge >= 0.3 is 6.03 Å². The van der Waals surface area contributed by atoms with Gasteiger partial charge in [0.05, 0.1) is 23.4 Å². The first-order valence-corrected chi connectivity index (χ1v) is 10.7. The highest BCUT2D eigenvalue weighted by molar-refractivity contribution is 6.02. The standard InChI is InChI=1S/C23H25FN8O/c1-15(2)21-13-31(23(33)28-17-6-3-5-16(24)11-17)9-10-32(21)22(26-14-25)29-19-7-4-8-20-18(19)12-27-30-20/h3-8,11-12,15,21H,9-10,13H2,1-2H3,(H,26,29)(H,27,30)(H,28,33). The van der Waals surface area contributed by atoms with Gasteiger partial charge in [-0.3, -0.25) is 5.10 Å². The molecule has 0 radical (unpaired) electrons. The van der Waals surface area contributed by atoms with Crippen molar-refractivity contribution in [1.29, 1.82) is 5.26 Å². The van der Waals surface area contributed by atoms with Crippen molar-refractivity contribution in [2.75, 3.05) is 30.3 Å². The summed E-state index contributed by atoms with van der Waals surface area (Å²) in [4.78, 5) is 20.6. The molecule has 33 heavy (non-hydrogen) atoms. The number of aliphatic imine (C=N–C) groups is 1. The largest absolute Gasteiger partial charge is 0.335 e. The zero-order valence-corrected chi connectivity index (χ0v) is 18.4. The SMILES string of the molecule is CC(C)C1CN(C(=O)Nc2cccc(F)c2)CCN1/C(=N\C#N)Nc1cccc2[nH]ncc12. The number of hydrogen-bond donors (Lipinski definition) is 3. The summed E-state index contributed by atoms with van der Waals surface area (Å²) in [6.45, 7) is 5.46. The van der Waals surface area contributed by atoms with E-state index in [4.69, 9.17) is 0 Å². The average Bonchev–Trinajstić information content (AvgIpc) is 3.28. The third kappa shape index (κ3) is 4.87. The molecule has 0 spiro atoms. The summed E-state index contributed by atoms with van der Waals surface area (Å²) in [5.74, 6) is 0.189. The number of hydrogen-bond acceptors (Lipinski definition) is 4. The van der Waals surface area contributed by atoms with Gasteiger partial charge in [0.2, 0.25) is 12.2 Å². The Hall–Kier alpha value is -4.13. The van der Waals surface area contributed by atoms with Gasteiger partial charge in [0.1, 0.15) is 5.82 Å². The van der Waals surface area contributed by atoms with Crippen LogP contribution in [0.5, 0.6) is 0 Å². The van der Waals surface area contributed by atoms with Gasteiger partial charge in [-0.2, -0.15) is 10.4 Å². The molecule has 1 fully saturated rings. The van der Waals surface area contributed by atoms with Crippen molar-refractivity contribution in [2.24, 2.45) is 10.9 Å². The number of nitrogens with zero attached hydrogens (tertiary/aromatic N) is 5. The van der Waals surface area contributed by atoms with E-state index in [0.29, 0.717) is 31.3 Å². The van der Waals surface area contributed by atoms with Crippen LogP contribution in [0.3, 0.4) is 0 Å². The Labute approximate surface area is 190 Å². The summed E-state index contributed by atoms with van der Waals surface area (Å²) < 4.78 is 13.5. The van der Waals surface area contributed by atoms with Gasteiger partial charge in [0.25, 0.3) is 0 Å². The minimum Gasteiger partial charge on any atom is -0.335 e. The number of halogens is 1. The summed E-state index contributed by atoms with van der Waals surface area (Å²) >= 11 is 0. The van der Waals surface area contributed by atoms with Crippen LogP contribution in [-0.4, -0.2) is 57.7 Å². The van der Waals surface area contributed by atoms with Crippen molar-refractivity contribution < 1.29 is 9.18 Å². The number of carbonyl (C=O) groups is 1. The summed E-state index contributed by atoms with van der Waals surface area (Å²) in [6, 6.07) is 11.1. The lowest BCUT2D eigenvalue weighted by Crippen LogP contribution is -2.60. The molecule has 170 valence electrons. The quantitative estimate of drug-likeness (QED) is 0.320. The fourth-order valence-electron chi connectivity index (χ4n) is 4.01. The van der Waals surface area contributed by atoms with Crippen LogP contribution in [0.2, 0.25) is 0 Å². The van der Waals surface area contributed by atoms with E-state index in [-0.39, 0.29) is 18.0 Å². The molecule has 1 saturated heterocycles. The van der Waals surface area contributed by atoms with Crippen molar-refractivity contribution in [3.8, 4) is 6.19 Å². The monoisotopic (exact) mass is 448 g/mol. The Morgan fingerprint density at radius 2 is 2.09 bits per heavy atom. The summed E-state index contributed by atoms with van der Waals surface area (Å²) in [5, 5.41) is 23.3. The number of benzene rings is 2. The van der Waals surface area contributed by atoms with Crippen molar-refractivity contribution in [3.63, 3.8) is 0 Å². The number of guanidine groups is 1. The van der Waals surface area contributed by atoms with Crippen LogP contribution in [0.4, 0.5) is 20.6 Å². The van der Waals surface area contributed by atoms with Crippen LogP contribution in [0.1, 0.15) is 13.8 Å². The first kappa shape index (κ1) is 22.1. The van der Waals surface area contributed by atoms with Gasteiger partial charge in [0.15, 0.2) is 0 Å². The highest BCUT2D eigenvalue weighted by Gasteiger charge is 2.34. The Morgan fingerprint density at radius 3 is 2.85 bits per heavy atom. The second-order valence-electron chi connectivity index (χ2n) is 8.19. The summed E-state index contributed by atoms with van der Waals surface area (Å²) in [6.07, 6.45) is 3.61. The normalized spacial score (nSPS) is 16.7. The molecule has 1 aliphatic rings. The highest BCUT2D eigenvalue weighted by Crippen LogP contribution is 2.24. The van der Waals surface area contributed by atoms with Crippen LogP contribution in [-0.2, 0) is 0 Å². The maximum absolute atomic E-state index is 13.5. The second-order valence-corrected chi connectivity index (χ2v) is 8.19. The van der Waals surface area contributed by atoms with E-state index in [9.17, 15) is 14.4 Å². The lowest BCUT2D eigenvalue weighted by atomic mass is 10.00. The van der Waals surface area contributed by atoms with E-state index in [2.05, 4.69) is 39.7 Å². The van der Waals surface area contributed by atoms with Gasteiger partial charge in [-0.15, -0.1) is 4.99 Å². The molecule has 1 unspecified atom stereocenters. The van der Waals surface area contributed by atoms with Crippen molar-refractivity contribution >= 4 is 34.3 Å². The minimum atomic E-state index is -0.409. The molecular formula is C23H25FN8O. The van der Waals surface area contributed by atoms with E-state index in [0.717, 1.165) is 16.6 Å².